The van der Waals surface area contributed by atoms with Crippen LogP contribution in [0.1, 0.15) is 26.2 Å². The van der Waals surface area contributed by atoms with Crippen LogP contribution in [0.25, 0.3) is 0 Å². The quantitative estimate of drug-likeness (QED) is 0.735. The first-order valence-electron chi connectivity index (χ1n) is 6.73. The fourth-order valence-corrected chi connectivity index (χ4v) is 3.27. The van der Waals surface area contributed by atoms with Crippen molar-refractivity contribution in [2.45, 2.75) is 38.3 Å². The monoisotopic (exact) mass is 234 g/mol. The number of aryl methyl sites for hydroxylation is 1. The summed E-state index contributed by atoms with van der Waals surface area (Å²) in [6.07, 6.45) is 8.28. The molecule has 2 saturated heterocycles. The number of fused-ring (bicyclic) bond motifs is 1. The molecule has 0 aromatic carbocycles. The van der Waals surface area contributed by atoms with Crippen LogP contribution in [0.4, 0.5) is 5.69 Å². The lowest BCUT2D eigenvalue weighted by molar-refractivity contribution is 0.115. The van der Waals surface area contributed by atoms with Gasteiger partial charge in [0, 0.05) is 38.4 Å². The minimum atomic E-state index is 0.605. The summed E-state index contributed by atoms with van der Waals surface area (Å²) in [6.45, 7) is 6.01. The lowest BCUT2D eigenvalue weighted by atomic mass is 9.97. The Balaban J connectivity index is 1.77. The molecular weight excluding hydrogens is 212 g/mol. The van der Waals surface area contributed by atoms with Crippen molar-refractivity contribution in [3.63, 3.8) is 0 Å². The van der Waals surface area contributed by atoms with E-state index in [0.29, 0.717) is 6.04 Å². The number of anilines is 1. The molecule has 2 fully saturated rings. The van der Waals surface area contributed by atoms with Crippen LogP contribution in [0.15, 0.2) is 12.4 Å². The van der Waals surface area contributed by atoms with Crippen LogP contribution in [0.3, 0.4) is 0 Å². The molecule has 17 heavy (non-hydrogen) atoms. The molecule has 0 radical (unpaired) electrons. The van der Waals surface area contributed by atoms with E-state index in [1.54, 1.807) is 0 Å². The standard InChI is InChI=1S/C13H22N4/c1-11-8-16-6-4-3-5-12(16)10-17(11)13-7-14-15(2)9-13/h7,9,11-12H,3-6,8,10H2,1-2H3. The van der Waals surface area contributed by atoms with E-state index in [1.165, 1.54) is 44.6 Å². The van der Waals surface area contributed by atoms with Crippen molar-refractivity contribution >= 4 is 5.69 Å². The van der Waals surface area contributed by atoms with Crippen LogP contribution in [-0.4, -0.2) is 46.4 Å². The van der Waals surface area contributed by atoms with E-state index in [-0.39, 0.29) is 0 Å². The second kappa shape index (κ2) is 4.33. The largest absolute Gasteiger partial charge is 0.363 e. The van der Waals surface area contributed by atoms with E-state index in [2.05, 4.69) is 28.0 Å². The Bertz CT molecular complexity index is 387. The number of aromatic nitrogens is 2. The van der Waals surface area contributed by atoms with Crippen LogP contribution >= 0.6 is 0 Å². The zero-order valence-electron chi connectivity index (χ0n) is 10.8. The third-order valence-corrected chi connectivity index (χ3v) is 4.21. The zero-order valence-corrected chi connectivity index (χ0v) is 10.8. The first-order valence-corrected chi connectivity index (χ1v) is 6.73. The van der Waals surface area contributed by atoms with Crippen molar-refractivity contribution in [3.05, 3.63) is 12.4 Å². The Kier molecular flexibility index (Phi) is 2.82. The third kappa shape index (κ3) is 2.06. The molecule has 0 aliphatic carbocycles. The van der Waals surface area contributed by atoms with Gasteiger partial charge in [-0.3, -0.25) is 9.58 Å². The summed E-state index contributed by atoms with van der Waals surface area (Å²) in [7, 11) is 1.99. The minimum Gasteiger partial charge on any atom is -0.363 e. The zero-order chi connectivity index (χ0) is 11.8. The van der Waals surface area contributed by atoms with Crippen molar-refractivity contribution in [2.75, 3.05) is 24.5 Å². The fourth-order valence-electron chi connectivity index (χ4n) is 3.27. The van der Waals surface area contributed by atoms with Crippen molar-refractivity contribution in [1.82, 2.24) is 14.7 Å². The molecule has 4 nitrogen and oxygen atoms in total. The van der Waals surface area contributed by atoms with Gasteiger partial charge >= 0.3 is 0 Å². The first kappa shape index (κ1) is 11.1. The van der Waals surface area contributed by atoms with Gasteiger partial charge in [-0.05, 0) is 26.3 Å². The van der Waals surface area contributed by atoms with Gasteiger partial charge in [0.05, 0.1) is 11.9 Å². The molecule has 0 bridgehead atoms. The summed E-state index contributed by atoms with van der Waals surface area (Å²) in [5, 5.41) is 4.29. The number of hydrogen-bond acceptors (Lipinski definition) is 3. The number of piperidine rings is 1. The molecule has 1 aromatic heterocycles. The Morgan fingerprint density at radius 2 is 2.18 bits per heavy atom. The lowest BCUT2D eigenvalue weighted by Crippen LogP contribution is -2.58. The predicted molar refractivity (Wildman–Crippen MR) is 69.2 cm³/mol. The molecule has 3 heterocycles. The maximum Gasteiger partial charge on any atom is 0.0755 e. The number of piperazine rings is 1. The smallest absolute Gasteiger partial charge is 0.0755 e. The van der Waals surface area contributed by atoms with Gasteiger partial charge in [0.2, 0.25) is 0 Å². The first-order chi connectivity index (χ1) is 8.24. The molecule has 94 valence electrons. The summed E-state index contributed by atoms with van der Waals surface area (Å²) >= 11 is 0. The van der Waals surface area contributed by atoms with Crippen molar-refractivity contribution in [1.29, 1.82) is 0 Å². The molecule has 2 aliphatic rings. The number of nitrogens with zero attached hydrogens (tertiary/aromatic N) is 4. The molecule has 0 amide bonds. The van der Waals surface area contributed by atoms with Gasteiger partial charge < -0.3 is 4.90 Å². The maximum atomic E-state index is 4.29. The Hall–Kier alpha value is -1.03. The van der Waals surface area contributed by atoms with Gasteiger partial charge in [0.15, 0.2) is 0 Å². The second-order valence-corrected chi connectivity index (χ2v) is 5.52. The van der Waals surface area contributed by atoms with E-state index >= 15 is 0 Å². The highest BCUT2D eigenvalue weighted by molar-refractivity contribution is 5.44. The number of rotatable bonds is 1. The summed E-state index contributed by atoms with van der Waals surface area (Å²) in [6, 6.07) is 1.37. The molecule has 3 rings (SSSR count). The van der Waals surface area contributed by atoms with E-state index in [4.69, 9.17) is 0 Å². The van der Waals surface area contributed by atoms with E-state index in [0.717, 1.165) is 6.04 Å². The average molecular weight is 234 g/mol. The molecular formula is C13H22N4. The van der Waals surface area contributed by atoms with Gasteiger partial charge in [-0.25, -0.2) is 0 Å². The fraction of sp³-hybridized carbons (Fsp3) is 0.769. The van der Waals surface area contributed by atoms with Crippen LogP contribution in [0.2, 0.25) is 0 Å². The van der Waals surface area contributed by atoms with E-state index < -0.39 is 0 Å². The van der Waals surface area contributed by atoms with E-state index in [1.807, 2.05) is 17.9 Å². The minimum absolute atomic E-state index is 0.605. The maximum absolute atomic E-state index is 4.29. The molecule has 2 unspecified atom stereocenters. The van der Waals surface area contributed by atoms with Gasteiger partial charge in [-0.1, -0.05) is 6.42 Å². The molecule has 1 aromatic rings. The molecule has 4 heteroatoms. The SMILES string of the molecule is CC1CN2CCCCC2CN1c1cnn(C)c1. The van der Waals surface area contributed by atoms with Crippen LogP contribution < -0.4 is 4.90 Å². The average Bonchev–Trinajstić information content (AvgIpc) is 2.75. The molecule has 0 spiro atoms. The van der Waals surface area contributed by atoms with E-state index in [9.17, 15) is 0 Å². The topological polar surface area (TPSA) is 24.3 Å². The highest BCUT2D eigenvalue weighted by Gasteiger charge is 2.33. The van der Waals surface area contributed by atoms with Crippen LogP contribution in [0.5, 0.6) is 0 Å². The molecule has 0 saturated carbocycles. The lowest BCUT2D eigenvalue weighted by Gasteiger charge is -2.48. The third-order valence-electron chi connectivity index (χ3n) is 4.21. The summed E-state index contributed by atoms with van der Waals surface area (Å²) in [5.74, 6) is 0. The van der Waals surface area contributed by atoms with Gasteiger partial charge in [0.1, 0.15) is 0 Å². The Morgan fingerprint density at radius 3 is 2.94 bits per heavy atom. The van der Waals surface area contributed by atoms with Crippen molar-refractivity contribution in [3.8, 4) is 0 Å². The number of hydrogen-bond donors (Lipinski definition) is 0. The van der Waals surface area contributed by atoms with Crippen molar-refractivity contribution in [2.24, 2.45) is 7.05 Å². The molecule has 0 N–H and O–H groups in total. The van der Waals surface area contributed by atoms with Crippen molar-refractivity contribution < 1.29 is 0 Å². The predicted octanol–water partition coefficient (Wildman–Crippen LogP) is 1.48. The Labute approximate surface area is 103 Å². The Morgan fingerprint density at radius 1 is 1.29 bits per heavy atom. The highest BCUT2D eigenvalue weighted by Crippen LogP contribution is 2.27. The summed E-state index contributed by atoms with van der Waals surface area (Å²) < 4.78 is 1.90. The normalized spacial score (nSPS) is 30.4. The van der Waals surface area contributed by atoms with Gasteiger partial charge in [-0.2, -0.15) is 5.10 Å². The molecule has 2 aliphatic heterocycles. The van der Waals surface area contributed by atoms with Gasteiger partial charge in [0.25, 0.3) is 0 Å². The summed E-state index contributed by atoms with van der Waals surface area (Å²) in [4.78, 5) is 5.21. The molecule has 2 atom stereocenters. The summed E-state index contributed by atoms with van der Waals surface area (Å²) in [5.41, 5.74) is 1.28. The van der Waals surface area contributed by atoms with Crippen LogP contribution in [-0.2, 0) is 7.05 Å². The van der Waals surface area contributed by atoms with Crippen LogP contribution in [0, 0.1) is 0 Å². The second-order valence-electron chi connectivity index (χ2n) is 5.52. The highest BCUT2D eigenvalue weighted by atomic mass is 15.3. The van der Waals surface area contributed by atoms with Gasteiger partial charge in [-0.15, -0.1) is 0 Å².